The second-order valence-electron chi connectivity index (χ2n) is 1.76. The normalized spacial score (nSPS) is 11.8. The molecule has 0 heterocycles. The molecule has 0 aromatic carbocycles. The molecule has 0 aromatic rings. The fourth-order valence-electron chi connectivity index (χ4n) is 0.307. The molecule has 0 saturated carbocycles. The summed E-state index contributed by atoms with van der Waals surface area (Å²) in [7, 11) is 1.21. The van der Waals surface area contributed by atoms with Crippen LogP contribution in [0.15, 0.2) is 0 Å². The third kappa shape index (κ3) is 2.91. The molecule has 58 valence electrons. The van der Waals surface area contributed by atoms with E-state index in [1.807, 2.05) is 0 Å². The third-order valence-electron chi connectivity index (χ3n) is 0.947. The lowest BCUT2D eigenvalue weighted by molar-refractivity contribution is -0.119. The summed E-state index contributed by atoms with van der Waals surface area (Å²) in [5.74, 6) is -0.592. The summed E-state index contributed by atoms with van der Waals surface area (Å²) in [6, 6.07) is -0.688. The average molecular weight is 146 g/mol. The molecule has 0 aliphatic heterocycles. The fourth-order valence-corrected chi connectivity index (χ4v) is 0.307. The highest BCUT2D eigenvalue weighted by Crippen LogP contribution is 1.79. The van der Waals surface area contributed by atoms with Gasteiger partial charge in [-0.05, 0) is 6.92 Å². The van der Waals surface area contributed by atoms with Crippen LogP contribution < -0.4 is 11.1 Å². The Morgan fingerprint density at radius 2 is 2.10 bits per heavy atom. The molecule has 0 spiro atoms. The van der Waals surface area contributed by atoms with Crippen molar-refractivity contribution >= 4 is 12.0 Å². The van der Waals surface area contributed by atoms with Gasteiger partial charge in [0.15, 0.2) is 0 Å². The van der Waals surface area contributed by atoms with Crippen LogP contribution in [0.3, 0.4) is 0 Å². The van der Waals surface area contributed by atoms with E-state index in [2.05, 4.69) is 10.1 Å². The second-order valence-corrected chi connectivity index (χ2v) is 1.76. The number of hydrogen-bond acceptors (Lipinski definition) is 3. The van der Waals surface area contributed by atoms with Gasteiger partial charge in [-0.1, -0.05) is 0 Å². The second kappa shape index (κ2) is 3.71. The molecule has 5 nitrogen and oxygen atoms in total. The monoisotopic (exact) mass is 146 g/mol. The maximum Gasteiger partial charge on any atom is 0.407 e. The maximum absolute atomic E-state index is 10.4. The Morgan fingerprint density at radius 3 is 2.40 bits per heavy atom. The first kappa shape index (κ1) is 8.74. The number of methoxy groups -OCH3 is 1. The number of carbonyl (C=O) groups excluding carboxylic acids is 2. The minimum atomic E-state index is -0.688. The molecular formula is C5H10N2O3. The van der Waals surface area contributed by atoms with E-state index in [0.29, 0.717) is 0 Å². The van der Waals surface area contributed by atoms with Crippen LogP contribution in [0.25, 0.3) is 0 Å². The Balaban J connectivity index is 3.68. The first-order valence-electron chi connectivity index (χ1n) is 2.71. The zero-order chi connectivity index (χ0) is 8.15. The SMILES string of the molecule is COC(=O)N[C@H](C)C(N)=O. The van der Waals surface area contributed by atoms with Crippen LogP contribution in [0.1, 0.15) is 6.92 Å². The van der Waals surface area contributed by atoms with Gasteiger partial charge in [0, 0.05) is 0 Å². The van der Waals surface area contributed by atoms with Crippen molar-refractivity contribution in [2.45, 2.75) is 13.0 Å². The van der Waals surface area contributed by atoms with Crippen molar-refractivity contribution in [3.8, 4) is 0 Å². The van der Waals surface area contributed by atoms with Gasteiger partial charge in [0.2, 0.25) is 5.91 Å². The van der Waals surface area contributed by atoms with Crippen LogP contribution in [0.4, 0.5) is 4.79 Å². The highest BCUT2D eigenvalue weighted by atomic mass is 16.5. The van der Waals surface area contributed by atoms with Crippen LogP contribution in [0, 0.1) is 0 Å². The number of alkyl carbamates (subject to hydrolysis) is 1. The van der Waals surface area contributed by atoms with Crippen LogP contribution in [0.5, 0.6) is 0 Å². The van der Waals surface area contributed by atoms with Gasteiger partial charge in [-0.3, -0.25) is 4.79 Å². The topological polar surface area (TPSA) is 81.4 Å². The Labute approximate surface area is 58.5 Å². The van der Waals surface area contributed by atoms with Crippen molar-refractivity contribution in [3.63, 3.8) is 0 Å². The Morgan fingerprint density at radius 1 is 1.60 bits per heavy atom. The lowest BCUT2D eigenvalue weighted by Gasteiger charge is -2.07. The third-order valence-corrected chi connectivity index (χ3v) is 0.947. The summed E-state index contributed by atoms with van der Waals surface area (Å²) in [5.41, 5.74) is 4.83. The highest BCUT2D eigenvalue weighted by Gasteiger charge is 2.10. The molecule has 0 aliphatic rings. The molecule has 0 saturated heterocycles. The molecular weight excluding hydrogens is 136 g/mol. The number of amides is 2. The van der Waals surface area contributed by atoms with E-state index in [0.717, 1.165) is 0 Å². The lowest BCUT2D eigenvalue weighted by Crippen LogP contribution is -2.42. The zero-order valence-electron chi connectivity index (χ0n) is 5.88. The molecule has 0 fully saturated rings. The number of nitrogens with two attached hydrogens (primary N) is 1. The van der Waals surface area contributed by atoms with Gasteiger partial charge in [0.25, 0.3) is 0 Å². The first-order chi connectivity index (χ1) is 4.57. The van der Waals surface area contributed by atoms with Gasteiger partial charge in [-0.25, -0.2) is 4.79 Å². The smallest absolute Gasteiger partial charge is 0.407 e. The standard InChI is InChI=1S/C5H10N2O3/c1-3(4(6)8)7-5(9)10-2/h3H,1-2H3,(H2,6,8)(H,7,9)/t3-/m1/s1. The van der Waals surface area contributed by atoms with Crippen molar-refractivity contribution in [2.24, 2.45) is 5.73 Å². The Hall–Kier alpha value is -1.26. The first-order valence-corrected chi connectivity index (χ1v) is 2.71. The molecule has 5 heteroatoms. The summed E-state index contributed by atoms with van der Waals surface area (Å²) in [5, 5.41) is 2.19. The predicted octanol–water partition coefficient (Wildman–Crippen LogP) is -0.784. The Bertz CT molecular complexity index is 146. The molecule has 0 rings (SSSR count). The average Bonchev–Trinajstić information content (AvgIpc) is 1.87. The molecule has 1 atom stereocenters. The number of nitrogens with one attached hydrogen (secondary N) is 1. The number of carbonyl (C=O) groups is 2. The van der Waals surface area contributed by atoms with Crippen LogP contribution in [0.2, 0.25) is 0 Å². The molecule has 10 heavy (non-hydrogen) atoms. The number of ether oxygens (including phenoxy) is 1. The summed E-state index contributed by atoms with van der Waals surface area (Å²) in [4.78, 5) is 20.7. The molecule has 0 aromatic heterocycles. The molecule has 0 aliphatic carbocycles. The molecule has 2 amide bonds. The van der Waals surface area contributed by atoms with Gasteiger partial charge in [-0.15, -0.1) is 0 Å². The van der Waals surface area contributed by atoms with Crippen molar-refractivity contribution in [1.82, 2.24) is 5.32 Å². The van der Waals surface area contributed by atoms with Gasteiger partial charge in [-0.2, -0.15) is 0 Å². The lowest BCUT2D eigenvalue weighted by atomic mass is 10.3. The van der Waals surface area contributed by atoms with E-state index in [9.17, 15) is 9.59 Å². The predicted molar refractivity (Wildman–Crippen MR) is 34.2 cm³/mol. The molecule has 0 bridgehead atoms. The maximum atomic E-state index is 10.4. The van der Waals surface area contributed by atoms with E-state index in [-0.39, 0.29) is 0 Å². The molecule has 0 unspecified atom stereocenters. The van der Waals surface area contributed by atoms with Crippen molar-refractivity contribution in [2.75, 3.05) is 7.11 Å². The molecule has 0 radical (unpaired) electrons. The van der Waals surface area contributed by atoms with E-state index in [1.165, 1.54) is 14.0 Å². The zero-order valence-corrected chi connectivity index (χ0v) is 5.88. The number of hydrogen-bond donors (Lipinski definition) is 2. The van der Waals surface area contributed by atoms with E-state index in [4.69, 9.17) is 5.73 Å². The van der Waals surface area contributed by atoms with E-state index >= 15 is 0 Å². The highest BCUT2D eigenvalue weighted by molar-refractivity contribution is 5.83. The van der Waals surface area contributed by atoms with Gasteiger partial charge >= 0.3 is 6.09 Å². The van der Waals surface area contributed by atoms with Crippen molar-refractivity contribution < 1.29 is 14.3 Å². The molecule has 3 N–H and O–H groups in total. The summed E-state index contributed by atoms with van der Waals surface area (Å²) in [6.45, 7) is 1.47. The summed E-state index contributed by atoms with van der Waals surface area (Å²) in [6.07, 6.45) is -0.661. The largest absolute Gasteiger partial charge is 0.453 e. The quantitative estimate of drug-likeness (QED) is 0.536. The minimum Gasteiger partial charge on any atom is -0.453 e. The summed E-state index contributed by atoms with van der Waals surface area (Å²) < 4.78 is 4.21. The summed E-state index contributed by atoms with van der Waals surface area (Å²) >= 11 is 0. The fraction of sp³-hybridized carbons (Fsp3) is 0.600. The number of primary amides is 1. The van der Waals surface area contributed by atoms with Gasteiger partial charge in [0.05, 0.1) is 7.11 Å². The van der Waals surface area contributed by atoms with Crippen LogP contribution in [-0.4, -0.2) is 25.2 Å². The Kier molecular flexibility index (Phi) is 3.24. The number of rotatable bonds is 2. The van der Waals surface area contributed by atoms with Crippen molar-refractivity contribution in [1.29, 1.82) is 0 Å². The van der Waals surface area contributed by atoms with E-state index in [1.54, 1.807) is 0 Å². The van der Waals surface area contributed by atoms with Gasteiger partial charge < -0.3 is 15.8 Å². The van der Waals surface area contributed by atoms with Gasteiger partial charge in [0.1, 0.15) is 6.04 Å². The van der Waals surface area contributed by atoms with Crippen LogP contribution in [-0.2, 0) is 9.53 Å². The van der Waals surface area contributed by atoms with E-state index < -0.39 is 18.0 Å². The minimum absolute atomic E-state index is 0.592. The van der Waals surface area contributed by atoms with Crippen molar-refractivity contribution in [3.05, 3.63) is 0 Å². The van der Waals surface area contributed by atoms with Crippen LogP contribution >= 0.6 is 0 Å².